The van der Waals surface area contributed by atoms with Gasteiger partial charge >= 0.3 is 0 Å². The lowest BCUT2D eigenvalue weighted by Gasteiger charge is -2.18. The first-order chi connectivity index (χ1) is 9.76. The number of fused-ring (bicyclic) bond motifs is 1. The van der Waals surface area contributed by atoms with Gasteiger partial charge < -0.3 is 15.2 Å². The molecule has 1 unspecified atom stereocenters. The zero-order valence-electron chi connectivity index (χ0n) is 11.5. The molecule has 0 saturated carbocycles. The molecule has 1 aliphatic heterocycles. The molecule has 0 amide bonds. The van der Waals surface area contributed by atoms with Gasteiger partial charge in [0.2, 0.25) is 0 Å². The molecule has 2 aromatic rings. The fourth-order valence-electron chi connectivity index (χ4n) is 2.11. The summed E-state index contributed by atoms with van der Waals surface area (Å²) in [5.41, 5.74) is 8.01. The number of hydrogen-bond acceptors (Lipinski definition) is 5. The van der Waals surface area contributed by atoms with Crippen LogP contribution in [0.2, 0.25) is 0 Å². The van der Waals surface area contributed by atoms with Crippen molar-refractivity contribution in [3.8, 4) is 22.8 Å². The molecule has 0 aliphatic carbocycles. The molecule has 106 valence electrons. The lowest BCUT2D eigenvalue weighted by atomic mass is 10.1. The first kappa shape index (κ1) is 13.4. The minimum absolute atomic E-state index is 0.189. The number of nitrogens with two attached hydrogens (primary N) is 1. The third-order valence-corrected chi connectivity index (χ3v) is 4.22. The van der Waals surface area contributed by atoms with Crippen molar-refractivity contribution in [2.75, 3.05) is 13.2 Å². The second-order valence-electron chi connectivity index (χ2n) is 4.86. The Labute approximate surface area is 122 Å². The zero-order chi connectivity index (χ0) is 13.9. The van der Waals surface area contributed by atoms with E-state index in [9.17, 15) is 0 Å². The molecule has 2 heterocycles. The number of hydrogen-bond donors (Lipinski definition) is 1. The topological polar surface area (TPSA) is 57.4 Å². The number of rotatable bonds is 4. The van der Waals surface area contributed by atoms with Crippen LogP contribution in [0.25, 0.3) is 11.3 Å². The second kappa shape index (κ2) is 5.81. The summed E-state index contributed by atoms with van der Waals surface area (Å²) in [4.78, 5) is 4.66. The highest BCUT2D eigenvalue weighted by Crippen LogP contribution is 2.34. The Morgan fingerprint density at radius 1 is 1.30 bits per heavy atom. The molecule has 0 radical (unpaired) electrons. The van der Waals surface area contributed by atoms with Crippen molar-refractivity contribution in [1.82, 2.24) is 4.98 Å². The van der Waals surface area contributed by atoms with Crippen LogP contribution in [-0.4, -0.2) is 24.2 Å². The van der Waals surface area contributed by atoms with Crippen molar-refractivity contribution < 1.29 is 9.47 Å². The molecule has 1 aliphatic rings. The lowest BCUT2D eigenvalue weighted by molar-refractivity contribution is 0.171. The van der Waals surface area contributed by atoms with E-state index in [1.807, 2.05) is 18.2 Å². The van der Waals surface area contributed by atoms with Gasteiger partial charge in [0.05, 0.1) is 10.7 Å². The predicted molar refractivity (Wildman–Crippen MR) is 80.5 cm³/mol. The van der Waals surface area contributed by atoms with Crippen LogP contribution in [-0.2, 0) is 6.42 Å². The number of nitrogens with zero attached hydrogens (tertiary/aromatic N) is 1. The van der Waals surface area contributed by atoms with E-state index in [2.05, 4.69) is 17.3 Å². The Morgan fingerprint density at radius 3 is 2.90 bits per heavy atom. The normalized spacial score (nSPS) is 15.1. The smallest absolute Gasteiger partial charge is 0.162 e. The summed E-state index contributed by atoms with van der Waals surface area (Å²) in [6, 6.07) is 6.15. The Kier molecular flexibility index (Phi) is 3.89. The van der Waals surface area contributed by atoms with Crippen LogP contribution in [0.4, 0.5) is 0 Å². The summed E-state index contributed by atoms with van der Waals surface area (Å²) in [6.07, 6.45) is 1.81. The van der Waals surface area contributed by atoms with E-state index in [1.165, 1.54) is 0 Å². The van der Waals surface area contributed by atoms with E-state index < -0.39 is 0 Å². The highest BCUT2D eigenvalue weighted by molar-refractivity contribution is 7.09. The number of thiazole rings is 1. The summed E-state index contributed by atoms with van der Waals surface area (Å²) in [5.74, 6) is 1.61. The minimum Gasteiger partial charge on any atom is -0.486 e. The molecular weight excluding hydrogens is 272 g/mol. The summed E-state index contributed by atoms with van der Waals surface area (Å²) in [5, 5.41) is 3.16. The Hall–Kier alpha value is -1.59. The monoisotopic (exact) mass is 290 g/mol. The van der Waals surface area contributed by atoms with E-state index in [4.69, 9.17) is 15.2 Å². The molecular formula is C15H18N2O2S. The van der Waals surface area contributed by atoms with E-state index >= 15 is 0 Å². The van der Waals surface area contributed by atoms with Crippen LogP contribution in [0.5, 0.6) is 11.5 Å². The van der Waals surface area contributed by atoms with Crippen molar-refractivity contribution in [3.63, 3.8) is 0 Å². The fraction of sp³-hybridized carbons (Fsp3) is 0.400. The van der Waals surface area contributed by atoms with Crippen LogP contribution >= 0.6 is 11.3 Å². The average Bonchev–Trinajstić information content (AvgIpc) is 2.95. The summed E-state index contributed by atoms with van der Waals surface area (Å²) in [7, 11) is 0. The van der Waals surface area contributed by atoms with Crippen LogP contribution in [0, 0.1) is 0 Å². The zero-order valence-corrected chi connectivity index (χ0v) is 12.3. The van der Waals surface area contributed by atoms with Crippen LogP contribution in [0.1, 0.15) is 18.4 Å². The first-order valence-electron chi connectivity index (χ1n) is 6.86. The van der Waals surface area contributed by atoms with Crippen molar-refractivity contribution >= 4 is 11.3 Å². The molecule has 3 rings (SSSR count). The molecule has 1 atom stereocenters. The highest BCUT2D eigenvalue weighted by atomic mass is 32.1. The molecule has 0 spiro atoms. The third kappa shape index (κ3) is 2.78. The molecule has 1 aromatic heterocycles. The van der Waals surface area contributed by atoms with E-state index in [0.29, 0.717) is 13.2 Å². The molecule has 0 saturated heterocycles. The van der Waals surface area contributed by atoms with Gasteiger partial charge in [0, 0.05) is 23.4 Å². The van der Waals surface area contributed by atoms with E-state index in [1.54, 1.807) is 11.3 Å². The Bertz CT molecular complexity index is 597. The number of aromatic nitrogens is 1. The van der Waals surface area contributed by atoms with Gasteiger partial charge in [-0.25, -0.2) is 4.98 Å². The van der Waals surface area contributed by atoms with Gasteiger partial charge in [-0.2, -0.15) is 0 Å². The van der Waals surface area contributed by atoms with Gasteiger partial charge in [-0.3, -0.25) is 0 Å². The summed E-state index contributed by atoms with van der Waals surface area (Å²) >= 11 is 1.66. The van der Waals surface area contributed by atoms with Gasteiger partial charge in [-0.05, 0) is 24.6 Å². The summed E-state index contributed by atoms with van der Waals surface area (Å²) in [6.45, 7) is 3.31. The molecule has 1 aromatic carbocycles. The van der Waals surface area contributed by atoms with Gasteiger partial charge in [-0.1, -0.05) is 6.92 Å². The lowest BCUT2D eigenvalue weighted by Crippen LogP contribution is -2.21. The van der Waals surface area contributed by atoms with Gasteiger partial charge in [0.25, 0.3) is 0 Å². The maximum Gasteiger partial charge on any atom is 0.162 e. The van der Waals surface area contributed by atoms with Crippen LogP contribution in [0.3, 0.4) is 0 Å². The number of benzene rings is 1. The predicted octanol–water partition coefficient (Wildman–Crippen LogP) is 2.86. The van der Waals surface area contributed by atoms with Crippen molar-refractivity contribution in [2.45, 2.75) is 25.8 Å². The standard InChI is InChI=1S/C15H18N2O2S/c1-2-11(16)8-15-17-12(9-20-15)10-3-4-13-14(7-10)19-6-5-18-13/h3-4,7,9,11H,2,5-6,8,16H2,1H3. The van der Waals surface area contributed by atoms with Gasteiger partial charge in [-0.15, -0.1) is 11.3 Å². The van der Waals surface area contributed by atoms with Gasteiger partial charge in [0.15, 0.2) is 11.5 Å². The SMILES string of the molecule is CCC(N)Cc1nc(-c2ccc3c(c2)OCCO3)cs1. The maximum absolute atomic E-state index is 5.97. The second-order valence-corrected chi connectivity index (χ2v) is 5.80. The molecule has 20 heavy (non-hydrogen) atoms. The fourth-order valence-corrected chi connectivity index (χ4v) is 3.01. The number of ether oxygens (including phenoxy) is 2. The third-order valence-electron chi connectivity index (χ3n) is 3.35. The minimum atomic E-state index is 0.189. The van der Waals surface area contributed by atoms with Crippen molar-refractivity contribution in [2.24, 2.45) is 5.73 Å². The average molecular weight is 290 g/mol. The molecule has 2 N–H and O–H groups in total. The quantitative estimate of drug-likeness (QED) is 0.940. The largest absolute Gasteiger partial charge is 0.486 e. The first-order valence-corrected chi connectivity index (χ1v) is 7.74. The van der Waals surface area contributed by atoms with Gasteiger partial charge in [0.1, 0.15) is 13.2 Å². The Balaban J connectivity index is 1.82. The van der Waals surface area contributed by atoms with Crippen LogP contribution in [0.15, 0.2) is 23.6 Å². The highest BCUT2D eigenvalue weighted by Gasteiger charge is 2.14. The van der Waals surface area contributed by atoms with E-state index in [-0.39, 0.29) is 6.04 Å². The molecule has 0 bridgehead atoms. The van der Waals surface area contributed by atoms with Crippen LogP contribution < -0.4 is 15.2 Å². The maximum atomic E-state index is 5.97. The van der Waals surface area contributed by atoms with Crippen molar-refractivity contribution in [3.05, 3.63) is 28.6 Å². The van der Waals surface area contributed by atoms with Crippen molar-refractivity contribution in [1.29, 1.82) is 0 Å². The molecule has 4 nitrogen and oxygen atoms in total. The Morgan fingerprint density at radius 2 is 2.10 bits per heavy atom. The molecule has 5 heteroatoms. The van der Waals surface area contributed by atoms with E-state index in [0.717, 1.165) is 40.6 Å². The molecule has 0 fully saturated rings. The summed E-state index contributed by atoms with van der Waals surface area (Å²) < 4.78 is 11.1.